The number of rotatable bonds is 7. The molecule has 0 aromatic heterocycles. The molecule has 11 heavy (non-hydrogen) atoms. The van der Waals surface area contributed by atoms with E-state index in [4.69, 9.17) is 4.43 Å². The van der Waals surface area contributed by atoms with Gasteiger partial charge in [0.15, 0.2) is 0 Å². The molecule has 0 heterocycles. The minimum atomic E-state index is -0.362. The van der Waals surface area contributed by atoms with Crippen LogP contribution in [0.25, 0.3) is 0 Å². The van der Waals surface area contributed by atoms with Crippen molar-refractivity contribution in [3.63, 3.8) is 0 Å². The van der Waals surface area contributed by atoms with E-state index >= 15 is 0 Å². The van der Waals surface area contributed by atoms with Gasteiger partial charge in [-0.15, -0.1) is 0 Å². The van der Waals surface area contributed by atoms with Gasteiger partial charge >= 0.3 is 0 Å². The number of nitrogens with zero attached hydrogens (tertiary/aromatic N) is 1. The fourth-order valence-electron chi connectivity index (χ4n) is 0.857. The zero-order chi connectivity index (χ0) is 8.53. The second kappa shape index (κ2) is 8.24. The number of hydrogen-bond acceptors (Lipinski definition) is 2. The third-order valence-electron chi connectivity index (χ3n) is 1.55. The van der Waals surface area contributed by atoms with Gasteiger partial charge in [-0.2, -0.15) is 0 Å². The van der Waals surface area contributed by atoms with Crippen LogP contribution in [0.2, 0.25) is 0 Å². The molecule has 0 N–H and O–H groups in total. The molecule has 3 heteroatoms. The summed E-state index contributed by atoms with van der Waals surface area (Å²) in [5.41, 5.74) is 0. The average molecular weight is 175 g/mol. The number of unbranched alkanes of at least 4 members (excludes halogenated alkanes) is 1. The SMILES string of the molecule is CCCCN(C)[SiH2]OCCC. The van der Waals surface area contributed by atoms with Crippen LogP contribution in [0.4, 0.5) is 0 Å². The van der Waals surface area contributed by atoms with Gasteiger partial charge in [0, 0.05) is 6.61 Å². The monoisotopic (exact) mass is 175 g/mol. The van der Waals surface area contributed by atoms with Crippen LogP contribution in [0.15, 0.2) is 0 Å². The Labute approximate surface area is 72.9 Å². The molecule has 0 amide bonds. The standard InChI is InChI=1S/C8H21NOSi/c1-4-6-7-9(3)11-10-8-5-2/h4-8,11H2,1-3H3. The smallest absolute Gasteiger partial charge is 0.238 e. The topological polar surface area (TPSA) is 12.5 Å². The van der Waals surface area contributed by atoms with E-state index in [-0.39, 0.29) is 9.92 Å². The van der Waals surface area contributed by atoms with Crippen LogP contribution in [0, 0.1) is 0 Å². The predicted molar refractivity (Wildman–Crippen MR) is 52.3 cm³/mol. The minimum absolute atomic E-state index is 0.362. The summed E-state index contributed by atoms with van der Waals surface area (Å²) in [4.78, 5) is 0. The van der Waals surface area contributed by atoms with E-state index in [9.17, 15) is 0 Å². The Kier molecular flexibility index (Phi) is 8.34. The van der Waals surface area contributed by atoms with E-state index in [1.54, 1.807) is 0 Å². The molecule has 0 aromatic carbocycles. The van der Waals surface area contributed by atoms with Gasteiger partial charge in [-0.05, 0) is 26.4 Å². The van der Waals surface area contributed by atoms with Crippen LogP contribution >= 0.6 is 0 Å². The highest BCUT2D eigenvalue weighted by molar-refractivity contribution is 6.23. The zero-order valence-corrected chi connectivity index (χ0v) is 9.51. The predicted octanol–water partition coefficient (Wildman–Crippen LogP) is 1.14. The van der Waals surface area contributed by atoms with Gasteiger partial charge in [-0.3, -0.25) is 0 Å². The second-order valence-corrected chi connectivity index (χ2v) is 4.72. The first kappa shape index (κ1) is 11.1. The lowest BCUT2D eigenvalue weighted by molar-refractivity contribution is 0.293. The van der Waals surface area contributed by atoms with E-state index in [0.29, 0.717) is 0 Å². The van der Waals surface area contributed by atoms with E-state index in [0.717, 1.165) is 13.0 Å². The summed E-state index contributed by atoms with van der Waals surface area (Å²) in [7, 11) is 1.80. The molecule has 0 atom stereocenters. The van der Waals surface area contributed by atoms with Gasteiger partial charge in [0.05, 0.1) is 0 Å². The highest BCUT2D eigenvalue weighted by atomic mass is 28.2. The Bertz CT molecular complexity index is 80.5. The Morgan fingerprint density at radius 2 is 2.00 bits per heavy atom. The van der Waals surface area contributed by atoms with Crippen LogP contribution < -0.4 is 0 Å². The summed E-state index contributed by atoms with van der Waals surface area (Å²) in [5.74, 6) is 0. The van der Waals surface area contributed by atoms with Crippen molar-refractivity contribution in [1.29, 1.82) is 0 Å². The Morgan fingerprint density at radius 1 is 1.27 bits per heavy atom. The first-order valence-electron chi connectivity index (χ1n) is 4.57. The maximum absolute atomic E-state index is 5.51. The third kappa shape index (κ3) is 8.04. The van der Waals surface area contributed by atoms with E-state index in [2.05, 4.69) is 25.5 Å². The quantitative estimate of drug-likeness (QED) is 0.425. The zero-order valence-electron chi connectivity index (χ0n) is 8.10. The maximum atomic E-state index is 5.51. The van der Waals surface area contributed by atoms with Gasteiger partial charge in [-0.25, -0.2) is 0 Å². The molecular formula is C8H21NOSi. The molecule has 0 rings (SSSR count). The molecule has 0 unspecified atom stereocenters. The van der Waals surface area contributed by atoms with Crippen molar-refractivity contribution in [2.45, 2.75) is 33.1 Å². The van der Waals surface area contributed by atoms with Crippen molar-refractivity contribution in [2.24, 2.45) is 0 Å². The first-order valence-corrected chi connectivity index (χ1v) is 5.78. The highest BCUT2D eigenvalue weighted by Gasteiger charge is 1.96. The van der Waals surface area contributed by atoms with Gasteiger partial charge in [0.25, 0.3) is 0 Å². The lowest BCUT2D eigenvalue weighted by Gasteiger charge is -2.14. The lowest BCUT2D eigenvalue weighted by atomic mass is 10.3. The summed E-state index contributed by atoms with van der Waals surface area (Å²) in [6, 6.07) is 0. The third-order valence-corrected chi connectivity index (χ3v) is 2.78. The summed E-state index contributed by atoms with van der Waals surface area (Å²) < 4.78 is 7.87. The lowest BCUT2D eigenvalue weighted by Crippen LogP contribution is -2.26. The fraction of sp³-hybridized carbons (Fsp3) is 1.00. The molecule has 0 aliphatic rings. The van der Waals surface area contributed by atoms with Crippen molar-refractivity contribution < 1.29 is 4.43 Å². The minimum Gasteiger partial charge on any atom is -0.408 e. The molecule has 0 radical (unpaired) electrons. The molecule has 0 aromatic rings. The van der Waals surface area contributed by atoms with Crippen LogP contribution in [-0.4, -0.2) is 34.7 Å². The maximum Gasteiger partial charge on any atom is 0.238 e. The molecule has 0 saturated heterocycles. The van der Waals surface area contributed by atoms with Gasteiger partial charge in [0.1, 0.15) is 0 Å². The Hall–Kier alpha value is 0.137. The van der Waals surface area contributed by atoms with Crippen molar-refractivity contribution in [3.05, 3.63) is 0 Å². The largest absolute Gasteiger partial charge is 0.408 e. The average Bonchev–Trinajstić information content (AvgIpc) is 2.01. The summed E-state index contributed by atoms with van der Waals surface area (Å²) >= 11 is 0. The van der Waals surface area contributed by atoms with Crippen molar-refractivity contribution >= 4 is 9.92 Å². The Balaban J connectivity index is 3.02. The molecule has 68 valence electrons. The van der Waals surface area contributed by atoms with Crippen molar-refractivity contribution in [3.8, 4) is 0 Å². The molecule has 0 bridgehead atoms. The molecule has 0 aliphatic heterocycles. The van der Waals surface area contributed by atoms with Gasteiger partial charge in [0.2, 0.25) is 9.92 Å². The summed E-state index contributed by atoms with van der Waals surface area (Å²) in [5, 5.41) is 0. The van der Waals surface area contributed by atoms with E-state index in [1.165, 1.54) is 19.4 Å². The van der Waals surface area contributed by atoms with Crippen molar-refractivity contribution in [2.75, 3.05) is 20.2 Å². The van der Waals surface area contributed by atoms with Crippen LogP contribution in [0.5, 0.6) is 0 Å². The number of hydrogen-bond donors (Lipinski definition) is 0. The normalized spacial score (nSPS) is 12.0. The first-order chi connectivity index (χ1) is 5.31. The Morgan fingerprint density at radius 3 is 2.55 bits per heavy atom. The van der Waals surface area contributed by atoms with Crippen LogP contribution in [0.1, 0.15) is 33.1 Å². The van der Waals surface area contributed by atoms with Crippen molar-refractivity contribution in [1.82, 2.24) is 4.57 Å². The molecule has 2 nitrogen and oxygen atoms in total. The summed E-state index contributed by atoms with van der Waals surface area (Å²) in [6.45, 7) is 6.54. The second-order valence-electron chi connectivity index (χ2n) is 2.97. The van der Waals surface area contributed by atoms with Gasteiger partial charge in [-0.1, -0.05) is 20.3 Å². The van der Waals surface area contributed by atoms with Gasteiger partial charge < -0.3 is 8.99 Å². The van der Waals surface area contributed by atoms with E-state index < -0.39 is 0 Å². The molecule has 0 spiro atoms. The molecular weight excluding hydrogens is 154 g/mol. The van der Waals surface area contributed by atoms with Crippen LogP contribution in [-0.2, 0) is 4.43 Å². The highest BCUT2D eigenvalue weighted by Crippen LogP contribution is 1.90. The fourth-order valence-corrected chi connectivity index (χ4v) is 1.94. The van der Waals surface area contributed by atoms with Crippen LogP contribution in [0.3, 0.4) is 0 Å². The molecule has 0 saturated carbocycles. The molecule has 0 aliphatic carbocycles. The summed E-state index contributed by atoms with van der Waals surface area (Å²) in [6.07, 6.45) is 3.74. The van der Waals surface area contributed by atoms with E-state index in [1.807, 2.05) is 0 Å². The molecule has 0 fully saturated rings.